The van der Waals surface area contributed by atoms with Crippen molar-refractivity contribution in [3.63, 3.8) is 0 Å². The highest BCUT2D eigenvalue weighted by atomic mass is 16.2. The molecule has 0 aliphatic carbocycles. The summed E-state index contributed by atoms with van der Waals surface area (Å²) < 4.78 is 0. The number of nitrogens with one attached hydrogen (secondary N) is 2. The predicted molar refractivity (Wildman–Crippen MR) is 109 cm³/mol. The van der Waals surface area contributed by atoms with Gasteiger partial charge in [-0.1, -0.05) is 6.08 Å². The third-order valence-corrected chi connectivity index (χ3v) is 4.25. The van der Waals surface area contributed by atoms with Crippen LogP contribution in [0.1, 0.15) is 40.3 Å². The largest absolute Gasteiger partial charge is 0.372 e. The Morgan fingerprint density at radius 2 is 1.89 bits per heavy atom. The molecule has 0 saturated heterocycles. The van der Waals surface area contributed by atoms with E-state index in [1.54, 1.807) is 12.1 Å². The van der Waals surface area contributed by atoms with Crippen molar-refractivity contribution in [2.24, 2.45) is 0 Å². The molecule has 0 bridgehead atoms. The van der Waals surface area contributed by atoms with Crippen LogP contribution < -0.4 is 15.5 Å². The second-order valence-corrected chi connectivity index (χ2v) is 6.05. The Morgan fingerprint density at radius 1 is 1.15 bits per heavy atom. The smallest absolute Gasteiger partial charge is 0.270 e. The normalized spacial score (nSPS) is 10.2. The fourth-order valence-corrected chi connectivity index (χ4v) is 2.72. The second-order valence-electron chi connectivity index (χ2n) is 6.05. The summed E-state index contributed by atoms with van der Waals surface area (Å²) in [7, 11) is 0. The number of pyridine rings is 1. The number of anilines is 2. The number of carbonyl (C=O) groups excluding carboxylic acids is 2. The standard InChI is InChI=1S/C21H26N4O2/c1-5-11-23-21(27)19-14-16(10-12-22-19)20(26)24-18-9-8-17(13-15(18)4)25(6-2)7-3/h5,8-10,12-14H,1,6-7,11H2,2-4H3,(H,23,27)(H,24,26). The number of carbonyl (C=O) groups is 2. The minimum absolute atomic E-state index is 0.193. The Balaban J connectivity index is 2.15. The van der Waals surface area contributed by atoms with Crippen molar-refractivity contribution in [1.82, 2.24) is 10.3 Å². The van der Waals surface area contributed by atoms with Gasteiger partial charge >= 0.3 is 0 Å². The quantitative estimate of drug-likeness (QED) is 0.702. The van der Waals surface area contributed by atoms with Gasteiger partial charge in [0, 0.05) is 42.8 Å². The van der Waals surface area contributed by atoms with E-state index in [0.29, 0.717) is 12.1 Å². The van der Waals surface area contributed by atoms with Crippen LogP contribution in [0.15, 0.2) is 49.2 Å². The molecule has 0 spiro atoms. The van der Waals surface area contributed by atoms with E-state index in [1.165, 1.54) is 12.3 Å². The summed E-state index contributed by atoms with van der Waals surface area (Å²) in [6.07, 6.45) is 3.03. The molecule has 142 valence electrons. The molecule has 1 heterocycles. The Labute approximate surface area is 160 Å². The molecule has 2 N–H and O–H groups in total. The lowest BCUT2D eigenvalue weighted by Gasteiger charge is -2.22. The zero-order valence-corrected chi connectivity index (χ0v) is 16.1. The first-order chi connectivity index (χ1) is 13.0. The topological polar surface area (TPSA) is 74.3 Å². The monoisotopic (exact) mass is 366 g/mol. The highest BCUT2D eigenvalue weighted by Gasteiger charge is 2.13. The van der Waals surface area contributed by atoms with E-state index in [9.17, 15) is 9.59 Å². The lowest BCUT2D eigenvalue weighted by Crippen LogP contribution is -2.25. The van der Waals surface area contributed by atoms with Crippen molar-refractivity contribution in [2.75, 3.05) is 29.9 Å². The molecule has 27 heavy (non-hydrogen) atoms. The van der Waals surface area contributed by atoms with Crippen LogP contribution in [-0.2, 0) is 0 Å². The van der Waals surface area contributed by atoms with E-state index >= 15 is 0 Å². The zero-order chi connectivity index (χ0) is 19.8. The second kappa shape index (κ2) is 9.52. The molecule has 0 unspecified atom stereocenters. The average Bonchev–Trinajstić information content (AvgIpc) is 2.69. The number of hydrogen-bond acceptors (Lipinski definition) is 4. The van der Waals surface area contributed by atoms with Crippen molar-refractivity contribution >= 4 is 23.2 Å². The number of nitrogens with zero attached hydrogens (tertiary/aromatic N) is 2. The molecular formula is C21H26N4O2. The molecule has 0 radical (unpaired) electrons. The van der Waals surface area contributed by atoms with Gasteiger partial charge in [0.1, 0.15) is 5.69 Å². The lowest BCUT2D eigenvalue weighted by molar-refractivity contribution is 0.0953. The van der Waals surface area contributed by atoms with Crippen molar-refractivity contribution < 1.29 is 9.59 Å². The van der Waals surface area contributed by atoms with E-state index in [1.807, 2.05) is 19.1 Å². The van der Waals surface area contributed by atoms with Gasteiger partial charge in [0.2, 0.25) is 0 Å². The van der Waals surface area contributed by atoms with Gasteiger partial charge in [-0.25, -0.2) is 0 Å². The zero-order valence-electron chi connectivity index (χ0n) is 16.1. The summed E-state index contributed by atoms with van der Waals surface area (Å²) >= 11 is 0. The van der Waals surface area contributed by atoms with Gasteiger partial charge in [-0.15, -0.1) is 6.58 Å². The van der Waals surface area contributed by atoms with Gasteiger partial charge in [0.15, 0.2) is 0 Å². The maximum Gasteiger partial charge on any atom is 0.270 e. The first-order valence-electron chi connectivity index (χ1n) is 9.02. The average molecular weight is 366 g/mol. The van der Waals surface area contributed by atoms with E-state index in [2.05, 4.69) is 47.0 Å². The van der Waals surface area contributed by atoms with E-state index in [-0.39, 0.29) is 17.5 Å². The number of rotatable bonds is 8. The number of benzene rings is 1. The van der Waals surface area contributed by atoms with Crippen LogP contribution in [0.2, 0.25) is 0 Å². The van der Waals surface area contributed by atoms with Crippen LogP contribution >= 0.6 is 0 Å². The molecule has 0 saturated carbocycles. The van der Waals surface area contributed by atoms with Crippen LogP contribution in [0, 0.1) is 6.92 Å². The molecule has 2 aromatic rings. The molecule has 0 aliphatic heterocycles. The predicted octanol–water partition coefficient (Wildman–Crippen LogP) is 3.40. The Hall–Kier alpha value is -3.15. The molecule has 0 fully saturated rings. The van der Waals surface area contributed by atoms with Crippen molar-refractivity contribution in [3.8, 4) is 0 Å². The minimum Gasteiger partial charge on any atom is -0.372 e. The number of amides is 2. The number of aryl methyl sites for hydroxylation is 1. The maximum absolute atomic E-state index is 12.6. The van der Waals surface area contributed by atoms with Crippen LogP contribution in [-0.4, -0.2) is 36.4 Å². The highest BCUT2D eigenvalue weighted by Crippen LogP contribution is 2.23. The van der Waals surface area contributed by atoms with E-state index in [0.717, 1.165) is 30.0 Å². The number of hydrogen-bond donors (Lipinski definition) is 2. The molecule has 6 heteroatoms. The highest BCUT2D eigenvalue weighted by molar-refractivity contribution is 6.06. The Kier molecular flexibility index (Phi) is 7.11. The summed E-state index contributed by atoms with van der Waals surface area (Å²) in [4.78, 5) is 30.8. The fraction of sp³-hybridized carbons (Fsp3) is 0.286. The van der Waals surface area contributed by atoms with Crippen LogP contribution in [0.25, 0.3) is 0 Å². The third-order valence-electron chi connectivity index (χ3n) is 4.25. The molecule has 0 atom stereocenters. The molecular weight excluding hydrogens is 340 g/mol. The van der Waals surface area contributed by atoms with Crippen molar-refractivity contribution in [3.05, 3.63) is 66.0 Å². The van der Waals surface area contributed by atoms with Gasteiger partial charge in [0.05, 0.1) is 0 Å². The van der Waals surface area contributed by atoms with Crippen molar-refractivity contribution in [1.29, 1.82) is 0 Å². The van der Waals surface area contributed by atoms with Crippen LogP contribution in [0.3, 0.4) is 0 Å². The van der Waals surface area contributed by atoms with Gasteiger partial charge in [-0.3, -0.25) is 14.6 Å². The first kappa shape index (κ1) is 20.2. The lowest BCUT2D eigenvalue weighted by atomic mass is 10.1. The fourth-order valence-electron chi connectivity index (χ4n) is 2.72. The van der Waals surface area contributed by atoms with Gasteiger partial charge < -0.3 is 15.5 Å². The van der Waals surface area contributed by atoms with Gasteiger partial charge in [0.25, 0.3) is 11.8 Å². The summed E-state index contributed by atoms with van der Waals surface area (Å²) in [5, 5.41) is 5.55. The summed E-state index contributed by atoms with van der Waals surface area (Å²) in [5.41, 5.74) is 3.41. The first-order valence-corrected chi connectivity index (χ1v) is 9.02. The SMILES string of the molecule is C=CCNC(=O)c1cc(C(=O)Nc2ccc(N(CC)CC)cc2C)ccn1. The van der Waals surface area contributed by atoms with Crippen LogP contribution in [0.5, 0.6) is 0 Å². The molecule has 2 rings (SSSR count). The molecule has 1 aromatic heterocycles. The van der Waals surface area contributed by atoms with E-state index < -0.39 is 0 Å². The summed E-state index contributed by atoms with van der Waals surface area (Å²) in [5.74, 6) is -0.627. The van der Waals surface area contributed by atoms with Gasteiger partial charge in [-0.05, 0) is 56.7 Å². The number of aromatic nitrogens is 1. The molecule has 1 aromatic carbocycles. The summed E-state index contributed by atoms with van der Waals surface area (Å²) in [6, 6.07) is 9.02. The molecule has 0 aliphatic rings. The third kappa shape index (κ3) is 5.17. The minimum atomic E-state index is -0.343. The Bertz CT molecular complexity index is 829. The van der Waals surface area contributed by atoms with Gasteiger partial charge in [-0.2, -0.15) is 0 Å². The molecule has 6 nitrogen and oxygen atoms in total. The summed E-state index contributed by atoms with van der Waals surface area (Å²) in [6.45, 7) is 11.9. The Morgan fingerprint density at radius 3 is 2.52 bits per heavy atom. The molecule has 2 amide bonds. The van der Waals surface area contributed by atoms with E-state index in [4.69, 9.17) is 0 Å². The van der Waals surface area contributed by atoms with Crippen LogP contribution in [0.4, 0.5) is 11.4 Å². The van der Waals surface area contributed by atoms with Crippen molar-refractivity contribution in [2.45, 2.75) is 20.8 Å². The maximum atomic E-state index is 12.6.